The number of urea groups is 1. The molecule has 2 rings (SSSR count). The van der Waals surface area contributed by atoms with Crippen molar-refractivity contribution in [1.82, 2.24) is 10.2 Å². The van der Waals surface area contributed by atoms with Gasteiger partial charge in [-0.05, 0) is 30.5 Å². The summed E-state index contributed by atoms with van der Waals surface area (Å²) in [5, 5.41) is 11.6. The second-order valence-corrected chi connectivity index (χ2v) is 5.23. The van der Waals surface area contributed by atoms with Crippen LogP contribution in [0.25, 0.3) is 0 Å². The molecule has 0 atom stereocenters. The molecule has 1 aromatic rings. The highest BCUT2D eigenvalue weighted by Crippen LogP contribution is 2.45. The van der Waals surface area contributed by atoms with Gasteiger partial charge in [0.25, 0.3) is 0 Å². The van der Waals surface area contributed by atoms with Gasteiger partial charge in [-0.25, -0.2) is 9.18 Å². The van der Waals surface area contributed by atoms with Crippen LogP contribution in [0.3, 0.4) is 0 Å². The van der Waals surface area contributed by atoms with Crippen molar-refractivity contribution in [2.75, 3.05) is 13.6 Å². The molecule has 2 N–H and O–H groups in total. The van der Waals surface area contributed by atoms with E-state index in [9.17, 15) is 14.0 Å². The number of hydrogen-bond acceptors (Lipinski definition) is 2. The maximum absolute atomic E-state index is 13.0. The number of carbonyl (C=O) groups is 2. The van der Waals surface area contributed by atoms with Crippen LogP contribution in [0, 0.1) is 11.2 Å². The molecule has 20 heavy (non-hydrogen) atoms. The third-order valence-electron chi connectivity index (χ3n) is 3.54. The third kappa shape index (κ3) is 3.26. The Bertz CT molecular complexity index is 529. The largest absolute Gasteiger partial charge is 0.481 e. The van der Waals surface area contributed by atoms with Gasteiger partial charge in [0.1, 0.15) is 5.82 Å². The molecular weight excluding hydrogens is 263 g/mol. The van der Waals surface area contributed by atoms with Crippen LogP contribution in [-0.4, -0.2) is 35.6 Å². The minimum Gasteiger partial charge on any atom is -0.481 e. The average molecular weight is 280 g/mol. The lowest BCUT2D eigenvalue weighted by atomic mass is 10.1. The lowest BCUT2D eigenvalue weighted by molar-refractivity contribution is -0.143. The highest BCUT2D eigenvalue weighted by molar-refractivity contribution is 5.80. The summed E-state index contributed by atoms with van der Waals surface area (Å²) in [6.07, 6.45) is 1.19. The summed E-state index contributed by atoms with van der Waals surface area (Å²) >= 11 is 0. The first-order valence-electron chi connectivity index (χ1n) is 6.40. The van der Waals surface area contributed by atoms with Gasteiger partial charge in [0, 0.05) is 20.1 Å². The fourth-order valence-corrected chi connectivity index (χ4v) is 1.98. The number of nitrogens with one attached hydrogen (secondary N) is 1. The molecule has 0 aliphatic heterocycles. The summed E-state index contributed by atoms with van der Waals surface area (Å²) in [6.45, 7) is 0.401. The van der Waals surface area contributed by atoms with Crippen LogP contribution >= 0.6 is 0 Å². The summed E-state index contributed by atoms with van der Waals surface area (Å²) in [5.74, 6) is -1.22. The molecule has 1 aliphatic rings. The van der Waals surface area contributed by atoms with Gasteiger partial charge < -0.3 is 15.3 Å². The number of benzene rings is 1. The van der Waals surface area contributed by atoms with Crippen molar-refractivity contribution in [3.63, 3.8) is 0 Å². The van der Waals surface area contributed by atoms with Crippen LogP contribution in [0.15, 0.2) is 24.3 Å². The number of carboxylic acids is 1. The number of carboxylic acid groups (broad SMARTS) is 1. The quantitative estimate of drug-likeness (QED) is 0.864. The summed E-state index contributed by atoms with van der Waals surface area (Å²) in [6, 6.07) is 5.66. The van der Waals surface area contributed by atoms with Crippen LogP contribution < -0.4 is 5.32 Å². The minimum absolute atomic E-state index is 0.134. The van der Waals surface area contributed by atoms with E-state index < -0.39 is 11.4 Å². The van der Waals surface area contributed by atoms with Crippen LogP contribution in [-0.2, 0) is 11.3 Å². The van der Waals surface area contributed by atoms with E-state index in [1.807, 2.05) is 0 Å². The third-order valence-corrected chi connectivity index (χ3v) is 3.54. The topological polar surface area (TPSA) is 69.6 Å². The number of aliphatic carboxylic acids is 1. The molecule has 0 spiro atoms. The first-order chi connectivity index (χ1) is 9.43. The molecule has 108 valence electrons. The fourth-order valence-electron chi connectivity index (χ4n) is 1.98. The standard InChI is InChI=1S/C14H17FN2O3/c1-17(8-10-3-2-4-11(15)7-10)13(20)16-9-14(5-6-14)12(18)19/h2-4,7H,5-6,8-9H2,1H3,(H,16,20)(H,18,19). The van der Waals surface area contributed by atoms with Crippen molar-refractivity contribution in [3.8, 4) is 0 Å². The first kappa shape index (κ1) is 14.3. The van der Waals surface area contributed by atoms with Crippen molar-refractivity contribution in [2.24, 2.45) is 5.41 Å². The van der Waals surface area contributed by atoms with E-state index in [0.29, 0.717) is 18.4 Å². The van der Waals surface area contributed by atoms with Crippen molar-refractivity contribution >= 4 is 12.0 Å². The van der Waals surface area contributed by atoms with Gasteiger partial charge in [-0.1, -0.05) is 12.1 Å². The Kier molecular flexibility index (Phi) is 3.92. The molecular formula is C14H17FN2O3. The molecule has 0 heterocycles. The Balaban J connectivity index is 1.85. The summed E-state index contributed by atoms with van der Waals surface area (Å²) in [4.78, 5) is 24.2. The van der Waals surface area contributed by atoms with Gasteiger partial charge in [-0.15, -0.1) is 0 Å². The van der Waals surface area contributed by atoms with E-state index in [1.54, 1.807) is 19.2 Å². The zero-order valence-electron chi connectivity index (χ0n) is 11.2. The van der Waals surface area contributed by atoms with Gasteiger partial charge in [-0.3, -0.25) is 4.79 Å². The van der Waals surface area contributed by atoms with Crippen molar-refractivity contribution in [1.29, 1.82) is 0 Å². The highest BCUT2D eigenvalue weighted by Gasteiger charge is 2.50. The molecule has 2 amide bonds. The van der Waals surface area contributed by atoms with Gasteiger partial charge in [-0.2, -0.15) is 0 Å². The smallest absolute Gasteiger partial charge is 0.317 e. The SMILES string of the molecule is CN(Cc1cccc(F)c1)C(=O)NCC1(C(=O)O)CC1. The molecule has 5 nitrogen and oxygen atoms in total. The number of nitrogens with zero attached hydrogens (tertiary/aromatic N) is 1. The lowest BCUT2D eigenvalue weighted by Crippen LogP contribution is -2.41. The number of carbonyl (C=O) groups excluding carboxylic acids is 1. The fraction of sp³-hybridized carbons (Fsp3) is 0.429. The number of halogens is 1. The van der Waals surface area contributed by atoms with E-state index in [2.05, 4.69) is 5.32 Å². The van der Waals surface area contributed by atoms with Gasteiger partial charge in [0.05, 0.1) is 5.41 Å². The Morgan fingerprint density at radius 1 is 1.45 bits per heavy atom. The zero-order valence-corrected chi connectivity index (χ0v) is 11.2. The Hall–Kier alpha value is -2.11. The van der Waals surface area contributed by atoms with Gasteiger partial charge >= 0.3 is 12.0 Å². The molecule has 0 saturated heterocycles. The van der Waals surface area contributed by atoms with Crippen LogP contribution in [0.1, 0.15) is 18.4 Å². The lowest BCUT2D eigenvalue weighted by Gasteiger charge is -2.19. The number of hydrogen-bond donors (Lipinski definition) is 2. The molecule has 6 heteroatoms. The predicted octanol–water partition coefficient (Wildman–Crippen LogP) is 1.83. The maximum Gasteiger partial charge on any atom is 0.317 e. The van der Waals surface area contributed by atoms with E-state index in [0.717, 1.165) is 0 Å². The molecule has 0 aromatic heterocycles. The summed E-state index contributed by atoms with van der Waals surface area (Å²) in [5.41, 5.74) is -0.1000. The zero-order chi connectivity index (χ0) is 14.8. The van der Waals surface area contributed by atoms with Crippen molar-refractivity contribution in [2.45, 2.75) is 19.4 Å². The van der Waals surface area contributed by atoms with Gasteiger partial charge in [0.2, 0.25) is 0 Å². The van der Waals surface area contributed by atoms with Crippen molar-refractivity contribution < 1.29 is 19.1 Å². The predicted molar refractivity (Wildman–Crippen MR) is 70.6 cm³/mol. The second-order valence-electron chi connectivity index (χ2n) is 5.23. The van der Waals surface area contributed by atoms with E-state index >= 15 is 0 Å². The number of rotatable bonds is 5. The molecule has 0 radical (unpaired) electrons. The summed E-state index contributed by atoms with van der Waals surface area (Å²) in [7, 11) is 1.58. The molecule has 1 fully saturated rings. The van der Waals surface area contributed by atoms with Crippen molar-refractivity contribution in [3.05, 3.63) is 35.6 Å². The highest BCUT2D eigenvalue weighted by atomic mass is 19.1. The minimum atomic E-state index is -0.870. The average Bonchev–Trinajstić information content (AvgIpc) is 3.17. The maximum atomic E-state index is 13.0. The van der Waals surface area contributed by atoms with E-state index in [4.69, 9.17) is 5.11 Å². The molecule has 0 unspecified atom stereocenters. The Morgan fingerprint density at radius 3 is 2.70 bits per heavy atom. The molecule has 1 aliphatic carbocycles. The Labute approximate surface area is 116 Å². The summed E-state index contributed by atoms with van der Waals surface area (Å²) < 4.78 is 13.0. The normalized spacial score (nSPS) is 15.5. The van der Waals surface area contributed by atoms with Crippen LogP contribution in [0.5, 0.6) is 0 Å². The van der Waals surface area contributed by atoms with E-state index in [-0.39, 0.29) is 24.9 Å². The van der Waals surface area contributed by atoms with Gasteiger partial charge in [0.15, 0.2) is 0 Å². The molecule has 1 saturated carbocycles. The second kappa shape index (κ2) is 5.48. The first-order valence-corrected chi connectivity index (χ1v) is 6.40. The molecule has 1 aromatic carbocycles. The monoisotopic (exact) mass is 280 g/mol. The van der Waals surface area contributed by atoms with E-state index in [1.165, 1.54) is 17.0 Å². The van der Waals surface area contributed by atoms with Crippen LogP contribution in [0.4, 0.5) is 9.18 Å². The Morgan fingerprint density at radius 2 is 2.15 bits per heavy atom. The van der Waals surface area contributed by atoms with Crippen LogP contribution in [0.2, 0.25) is 0 Å². The molecule has 0 bridgehead atoms. The number of amides is 2.